The van der Waals surface area contributed by atoms with Gasteiger partial charge in [-0.1, -0.05) is 32.0 Å². The van der Waals surface area contributed by atoms with Gasteiger partial charge in [0.2, 0.25) is 0 Å². The standard InChI is InChI=1S/C22H56O4Si7.C15H40O5Si6.2CH4/c1-17-27(3,4)23-29(7,8)19-21-31(11,12)25-33(15,16)26-32(13,14)22-20-30(9,10)24-28(5,6)18-2;1-13-21(2,3)16-22(4,5)14-15-26(12)19-24(8,9)17-23(6,7)18-25(10,11)20-26;;/h17-18H,1-2,19-22H2,3-16H3;13H,1,14-15H2,2-12H3;2*1H4. The van der Waals surface area contributed by atoms with E-state index in [1.165, 1.54) is 0 Å². The van der Waals surface area contributed by atoms with Crippen molar-refractivity contribution in [1.82, 2.24) is 0 Å². The first-order valence-corrected chi connectivity index (χ1v) is 60.2. The fourth-order valence-corrected chi connectivity index (χ4v) is 74.0. The highest BCUT2D eigenvalue weighted by Gasteiger charge is 2.53. The molecule has 366 valence electrons. The van der Waals surface area contributed by atoms with Gasteiger partial charge in [0.25, 0.3) is 0 Å². The van der Waals surface area contributed by atoms with E-state index in [9.17, 15) is 0 Å². The molecule has 0 aromatic carbocycles. The van der Waals surface area contributed by atoms with Crippen LogP contribution in [0.3, 0.4) is 0 Å². The molecule has 1 saturated heterocycles. The summed E-state index contributed by atoms with van der Waals surface area (Å²) in [5, 5.41) is 0. The van der Waals surface area contributed by atoms with Crippen LogP contribution in [0, 0.1) is 0 Å². The SMILES string of the molecule is C.C.C=C[Si](C)(C)O[Si](C)(C)CC[Si](C)(C)O[Si](C)(C)O[Si](C)(C)CC[Si](C)(C)O[Si](C)(C)C=C.C=C[Si](C)(C)O[Si](C)(C)CC[Si]1(C)O[Si](C)(C)O[Si](C)(C)O[Si](C)(C)O1. The van der Waals surface area contributed by atoms with Crippen molar-refractivity contribution in [2.24, 2.45) is 0 Å². The zero-order valence-electron chi connectivity index (χ0n) is 43.3. The van der Waals surface area contributed by atoms with Crippen molar-refractivity contribution in [3.63, 3.8) is 0 Å². The molecule has 0 radical (unpaired) electrons. The van der Waals surface area contributed by atoms with Crippen LogP contribution in [0.2, 0.25) is 200 Å². The maximum atomic E-state index is 6.86. The fraction of sp³-hybridized carbons (Fsp3) is 0.846. The van der Waals surface area contributed by atoms with Crippen LogP contribution in [0.25, 0.3) is 0 Å². The summed E-state index contributed by atoms with van der Waals surface area (Å²) in [5.41, 5.74) is 6.12. The van der Waals surface area contributed by atoms with E-state index in [4.69, 9.17) is 37.0 Å². The second kappa shape index (κ2) is 23.8. The highest BCUT2D eigenvalue weighted by molar-refractivity contribution is 6.94. The quantitative estimate of drug-likeness (QED) is 0.0985. The Kier molecular flexibility index (Phi) is 26.1. The maximum absolute atomic E-state index is 6.86. The lowest BCUT2D eigenvalue weighted by Gasteiger charge is -2.48. The first-order chi connectivity index (χ1) is 25.7. The third kappa shape index (κ3) is 29.9. The Balaban J connectivity index is -0.00000109. The van der Waals surface area contributed by atoms with E-state index in [0.29, 0.717) is 0 Å². The number of hydrogen-bond acceptors (Lipinski definition) is 9. The van der Waals surface area contributed by atoms with Gasteiger partial charge in [0, 0.05) is 0 Å². The average Bonchev–Trinajstić information content (AvgIpc) is 2.94. The van der Waals surface area contributed by atoms with Crippen molar-refractivity contribution in [3.8, 4) is 0 Å². The Morgan fingerprint density at radius 1 is 0.361 bits per heavy atom. The molecule has 0 aromatic rings. The molecular weight excluding hydrogens is 978 g/mol. The lowest BCUT2D eigenvalue weighted by molar-refractivity contribution is 0.234. The highest BCUT2D eigenvalue weighted by Crippen LogP contribution is 2.36. The summed E-state index contributed by atoms with van der Waals surface area (Å²) in [5.74, 6) is 0. The lowest BCUT2D eigenvalue weighted by atomic mass is 10.9. The molecule has 0 saturated carbocycles. The Morgan fingerprint density at radius 2 is 0.574 bits per heavy atom. The number of hydrogen-bond donors (Lipinski definition) is 0. The smallest absolute Gasteiger partial charge is 0.317 e. The molecule has 0 amide bonds. The van der Waals surface area contributed by atoms with Gasteiger partial charge in [-0.25, -0.2) is 0 Å². The second-order valence-corrected chi connectivity index (χ2v) is 75.6. The van der Waals surface area contributed by atoms with Crippen LogP contribution < -0.4 is 0 Å². The van der Waals surface area contributed by atoms with Crippen molar-refractivity contribution in [3.05, 3.63) is 36.8 Å². The minimum absolute atomic E-state index is 0. The molecule has 1 rings (SSSR count). The lowest BCUT2D eigenvalue weighted by Crippen LogP contribution is -2.65. The molecule has 61 heavy (non-hydrogen) atoms. The maximum Gasteiger partial charge on any atom is 0.317 e. The van der Waals surface area contributed by atoms with Gasteiger partial charge in [-0.05, 0) is 200 Å². The Morgan fingerprint density at radius 3 is 0.820 bits per heavy atom. The molecule has 1 aliphatic rings. The topological polar surface area (TPSA) is 83.1 Å². The summed E-state index contributed by atoms with van der Waals surface area (Å²) in [6, 6.07) is 6.49. The summed E-state index contributed by atoms with van der Waals surface area (Å²) in [6.45, 7) is 68.0. The summed E-state index contributed by atoms with van der Waals surface area (Å²) in [6.07, 6.45) is 0. The van der Waals surface area contributed by atoms with Crippen molar-refractivity contribution >= 4 is 109 Å². The van der Waals surface area contributed by atoms with Gasteiger partial charge in [0.15, 0.2) is 66.5 Å². The molecule has 22 heteroatoms. The Bertz CT molecular complexity index is 1310. The van der Waals surface area contributed by atoms with Crippen molar-refractivity contribution < 1.29 is 37.0 Å². The summed E-state index contributed by atoms with van der Waals surface area (Å²) in [7, 11) is -25.7. The van der Waals surface area contributed by atoms with Crippen molar-refractivity contribution in [2.45, 2.75) is 215 Å². The van der Waals surface area contributed by atoms with Crippen molar-refractivity contribution in [2.75, 3.05) is 0 Å². The summed E-state index contributed by atoms with van der Waals surface area (Å²) < 4.78 is 59.6. The molecule has 1 fully saturated rings. The van der Waals surface area contributed by atoms with Crippen LogP contribution in [-0.2, 0) is 37.0 Å². The summed E-state index contributed by atoms with van der Waals surface area (Å²) in [4.78, 5) is 0. The van der Waals surface area contributed by atoms with Gasteiger partial charge < -0.3 is 37.0 Å². The van der Waals surface area contributed by atoms with Crippen LogP contribution in [0.4, 0.5) is 0 Å². The third-order valence-electron chi connectivity index (χ3n) is 9.88. The Labute approximate surface area is 395 Å². The molecule has 0 bridgehead atoms. The Hall–Kier alpha value is 1.68. The first kappa shape index (κ1) is 67.0. The average molecular weight is 1080 g/mol. The monoisotopic (exact) mass is 1080 g/mol. The van der Waals surface area contributed by atoms with Crippen molar-refractivity contribution in [1.29, 1.82) is 0 Å². The molecule has 9 nitrogen and oxygen atoms in total. The normalized spacial score (nSPS) is 18.8. The minimum Gasteiger partial charge on any atom is -0.453 e. The van der Waals surface area contributed by atoms with E-state index in [1.54, 1.807) is 0 Å². The molecule has 0 spiro atoms. The number of rotatable bonds is 22. The zero-order chi connectivity index (χ0) is 47.2. The van der Waals surface area contributed by atoms with Gasteiger partial charge in [0.05, 0.1) is 0 Å². The van der Waals surface area contributed by atoms with E-state index < -0.39 is 109 Å². The van der Waals surface area contributed by atoms with Crippen LogP contribution in [0.1, 0.15) is 14.9 Å². The van der Waals surface area contributed by atoms with Gasteiger partial charge >= 0.3 is 42.8 Å². The summed E-state index contributed by atoms with van der Waals surface area (Å²) >= 11 is 0. The van der Waals surface area contributed by atoms with Crippen LogP contribution in [-0.4, -0.2) is 109 Å². The van der Waals surface area contributed by atoms with E-state index in [1.807, 2.05) is 17.1 Å². The first-order valence-electron chi connectivity index (χ1n) is 21.9. The van der Waals surface area contributed by atoms with Crippen LogP contribution in [0.15, 0.2) is 36.8 Å². The van der Waals surface area contributed by atoms with Gasteiger partial charge in [-0.15, -0.1) is 19.7 Å². The third-order valence-corrected chi connectivity index (χ3v) is 59.3. The van der Waals surface area contributed by atoms with E-state index in [2.05, 4.69) is 183 Å². The van der Waals surface area contributed by atoms with E-state index in [0.717, 1.165) is 36.3 Å². The largest absolute Gasteiger partial charge is 0.453 e. The molecule has 1 aliphatic heterocycles. The predicted molar refractivity (Wildman–Crippen MR) is 304 cm³/mol. The van der Waals surface area contributed by atoms with Gasteiger partial charge in [0.1, 0.15) is 0 Å². The molecule has 0 unspecified atom stereocenters. The molecule has 1 heterocycles. The molecule has 0 atom stereocenters. The molecule has 0 aromatic heterocycles. The zero-order valence-corrected chi connectivity index (χ0v) is 56.3. The molecular formula is C39H104O9Si13. The highest BCUT2D eigenvalue weighted by atomic mass is 28.5. The van der Waals surface area contributed by atoms with Crippen LogP contribution >= 0.6 is 0 Å². The second-order valence-electron chi connectivity index (χ2n) is 23.4. The predicted octanol–water partition coefficient (Wildman–Crippen LogP) is 15.1. The van der Waals surface area contributed by atoms with Crippen LogP contribution in [0.5, 0.6) is 0 Å². The molecule has 0 aliphatic carbocycles. The van der Waals surface area contributed by atoms with Gasteiger partial charge in [-0.2, -0.15) is 0 Å². The van der Waals surface area contributed by atoms with Gasteiger partial charge in [-0.3, -0.25) is 0 Å². The van der Waals surface area contributed by atoms with E-state index in [-0.39, 0.29) is 14.9 Å². The fourth-order valence-electron chi connectivity index (χ4n) is 8.01. The minimum atomic E-state index is -2.41. The molecule has 0 N–H and O–H groups in total. The van der Waals surface area contributed by atoms with E-state index >= 15 is 0 Å².